The average Bonchev–Trinajstić information content (AvgIpc) is 2.80. The van der Waals surface area contributed by atoms with Gasteiger partial charge < -0.3 is 10.1 Å². The van der Waals surface area contributed by atoms with Crippen molar-refractivity contribution in [2.45, 2.75) is 19.4 Å². The fourth-order valence-corrected chi connectivity index (χ4v) is 3.02. The number of aryl methyl sites for hydroxylation is 1. The molecule has 0 atom stereocenters. The molecule has 0 fully saturated rings. The fourth-order valence-electron chi connectivity index (χ4n) is 3.02. The molecule has 0 aromatic heterocycles. The summed E-state index contributed by atoms with van der Waals surface area (Å²) in [6.45, 7) is 0.575. The minimum absolute atomic E-state index is 0.0194. The second kappa shape index (κ2) is 11.3. The lowest BCUT2D eigenvalue weighted by atomic mass is 10.1. The van der Waals surface area contributed by atoms with E-state index in [0.717, 1.165) is 12.8 Å². The highest BCUT2D eigenvalue weighted by Crippen LogP contribution is 2.18. The number of hydrogen-bond acceptors (Lipinski definition) is 3. The number of amides is 1. The summed E-state index contributed by atoms with van der Waals surface area (Å²) in [7, 11) is 0. The number of nitriles is 1. The number of nitrogens with zero attached hydrogens (tertiary/aromatic N) is 1. The van der Waals surface area contributed by atoms with E-state index in [1.54, 1.807) is 42.5 Å². The van der Waals surface area contributed by atoms with Crippen LogP contribution in [0.5, 0.6) is 5.75 Å². The molecule has 3 rings (SSSR count). The zero-order valence-electron chi connectivity index (χ0n) is 17.1. The standard InChI is InChI=1S/C26H23FN2O2/c27-25-14-5-4-12-22(25)19-31-24-13-6-10-21(17-24)16-23(18-28)26(30)29-15-7-11-20-8-2-1-3-9-20/h1-6,8-10,12-14,16-17H,7,11,15,19H2,(H,29,30)/b23-16-. The minimum Gasteiger partial charge on any atom is -0.489 e. The summed E-state index contributed by atoms with van der Waals surface area (Å²) in [5.41, 5.74) is 2.34. The predicted octanol–water partition coefficient (Wildman–Crippen LogP) is 5.06. The van der Waals surface area contributed by atoms with Crippen molar-refractivity contribution in [2.24, 2.45) is 0 Å². The molecule has 0 saturated heterocycles. The van der Waals surface area contributed by atoms with Crippen LogP contribution in [0.4, 0.5) is 4.39 Å². The average molecular weight is 414 g/mol. The van der Waals surface area contributed by atoms with Crippen LogP contribution >= 0.6 is 0 Å². The number of benzene rings is 3. The van der Waals surface area contributed by atoms with E-state index in [9.17, 15) is 14.4 Å². The van der Waals surface area contributed by atoms with Crippen LogP contribution in [-0.2, 0) is 17.8 Å². The van der Waals surface area contributed by atoms with Crippen molar-refractivity contribution in [1.82, 2.24) is 5.32 Å². The first-order valence-corrected chi connectivity index (χ1v) is 10.1. The van der Waals surface area contributed by atoms with E-state index in [1.165, 1.54) is 17.7 Å². The molecule has 0 bridgehead atoms. The maximum absolute atomic E-state index is 13.7. The van der Waals surface area contributed by atoms with Gasteiger partial charge in [0.15, 0.2) is 0 Å². The third-order valence-corrected chi connectivity index (χ3v) is 4.66. The van der Waals surface area contributed by atoms with Gasteiger partial charge in [0, 0.05) is 12.1 Å². The number of halogens is 1. The molecule has 0 saturated carbocycles. The largest absolute Gasteiger partial charge is 0.489 e. The molecule has 3 aromatic rings. The molecule has 0 unspecified atom stereocenters. The van der Waals surface area contributed by atoms with Gasteiger partial charge in [0.1, 0.15) is 29.8 Å². The van der Waals surface area contributed by atoms with Crippen molar-refractivity contribution in [2.75, 3.05) is 6.54 Å². The Labute approximate surface area is 181 Å². The van der Waals surface area contributed by atoms with E-state index in [4.69, 9.17) is 4.74 Å². The van der Waals surface area contributed by atoms with Crippen LogP contribution < -0.4 is 10.1 Å². The predicted molar refractivity (Wildman–Crippen MR) is 119 cm³/mol. The minimum atomic E-state index is -0.409. The summed E-state index contributed by atoms with van der Waals surface area (Å²) in [4.78, 5) is 12.3. The molecule has 0 radical (unpaired) electrons. The Hall–Kier alpha value is -3.91. The zero-order chi connectivity index (χ0) is 21.9. The lowest BCUT2D eigenvalue weighted by Crippen LogP contribution is -2.25. The molecule has 156 valence electrons. The van der Waals surface area contributed by atoms with Crippen LogP contribution in [0.3, 0.4) is 0 Å². The highest BCUT2D eigenvalue weighted by atomic mass is 19.1. The number of ether oxygens (including phenoxy) is 1. The zero-order valence-corrected chi connectivity index (χ0v) is 17.1. The summed E-state index contributed by atoms with van der Waals surface area (Å²) >= 11 is 0. The van der Waals surface area contributed by atoms with Crippen molar-refractivity contribution in [3.05, 3.63) is 107 Å². The second-order valence-corrected chi connectivity index (χ2v) is 6.97. The van der Waals surface area contributed by atoms with Gasteiger partial charge in [-0.25, -0.2) is 4.39 Å². The molecule has 0 aliphatic rings. The summed E-state index contributed by atoms with van der Waals surface area (Å²) < 4.78 is 19.4. The van der Waals surface area contributed by atoms with Crippen LogP contribution in [0.2, 0.25) is 0 Å². The topological polar surface area (TPSA) is 62.1 Å². The Morgan fingerprint density at radius 1 is 1.03 bits per heavy atom. The van der Waals surface area contributed by atoms with E-state index in [1.807, 2.05) is 36.4 Å². The third-order valence-electron chi connectivity index (χ3n) is 4.66. The Balaban J connectivity index is 1.55. The molecule has 31 heavy (non-hydrogen) atoms. The van der Waals surface area contributed by atoms with Crippen molar-refractivity contribution in [1.29, 1.82) is 5.26 Å². The molecule has 4 nitrogen and oxygen atoms in total. The van der Waals surface area contributed by atoms with Gasteiger partial charge in [-0.2, -0.15) is 5.26 Å². The normalized spacial score (nSPS) is 10.9. The Morgan fingerprint density at radius 2 is 1.81 bits per heavy atom. The fraction of sp³-hybridized carbons (Fsp3) is 0.154. The second-order valence-electron chi connectivity index (χ2n) is 6.97. The molecule has 3 aromatic carbocycles. The molecular weight excluding hydrogens is 391 g/mol. The van der Waals surface area contributed by atoms with Gasteiger partial charge in [-0.15, -0.1) is 0 Å². The maximum atomic E-state index is 13.7. The molecule has 1 amide bonds. The number of nitrogens with one attached hydrogen (secondary N) is 1. The quantitative estimate of drug-likeness (QED) is 0.302. The lowest BCUT2D eigenvalue weighted by Gasteiger charge is -2.08. The number of rotatable bonds is 9. The molecule has 0 aliphatic heterocycles. The van der Waals surface area contributed by atoms with Gasteiger partial charge in [-0.3, -0.25) is 4.79 Å². The van der Waals surface area contributed by atoms with E-state index >= 15 is 0 Å². The first kappa shape index (κ1) is 21.8. The number of carbonyl (C=O) groups is 1. The monoisotopic (exact) mass is 414 g/mol. The van der Waals surface area contributed by atoms with Crippen molar-refractivity contribution in [3.63, 3.8) is 0 Å². The van der Waals surface area contributed by atoms with E-state index in [0.29, 0.717) is 23.4 Å². The molecule has 1 N–H and O–H groups in total. The SMILES string of the molecule is N#C/C(=C/c1cccc(OCc2ccccc2F)c1)C(=O)NCCCc1ccccc1. The summed E-state index contributed by atoms with van der Waals surface area (Å²) in [6.07, 6.45) is 3.16. The Bertz CT molecular complexity index is 1090. The van der Waals surface area contributed by atoms with Gasteiger partial charge in [0.05, 0.1) is 0 Å². The molecule has 0 heterocycles. The van der Waals surface area contributed by atoms with Gasteiger partial charge in [0.25, 0.3) is 5.91 Å². The summed E-state index contributed by atoms with van der Waals surface area (Å²) in [5.74, 6) is -0.208. The van der Waals surface area contributed by atoms with E-state index in [2.05, 4.69) is 5.32 Å². The van der Waals surface area contributed by atoms with Gasteiger partial charge >= 0.3 is 0 Å². The summed E-state index contributed by atoms with van der Waals surface area (Å²) in [5, 5.41) is 12.2. The van der Waals surface area contributed by atoms with Gasteiger partial charge in [0.2, 0.25) is 0 Å². The Morgan fingerprint density at radius 3 is 2.58 bits per heavy atom. The van der Waals surface area contributed by atoms with Crippen LogP contribution in [0, 0.1) is 17.1 Å². The van der Waals surface area contributed by atoms with Crippen molar-refractivity contribution in [3.8, 4) is 11.8 Å². The maximum Gasteiger partial charge on any atom is 0.261 e. The molecular formula is C26H23FN2O2. The van der Waals surface area contributed by atoms with E-state index < -0.39 is 5.91 Å². The smallest absolute Gasteiger partial charge is 0.261 e. The molecule has 0 aliphatic carbocycles. The van der Waals surface area contributed by atoms with Crippen molar-refractivity contribution >= 4 is 12.0 Å². The number of carbonyl (C=O) groups excluding carboxylic acids is 1. The first-order chi connectivity index (χ1) is 15.2. The molecule has 5 heteroatoms. The van der Waals surface area contributed by atoms with Crippen LogP contribution in [0.15, 0.2) is 84.4 Å². The first-order valence-electron chi connectivity index (χ1n) is 10.1. The van der Waals surface area contributed by atoms with Gasteiger partial charge in [-0.1, -0.05) is 60.7 Å². The van der Waals surface area contributed by atoms with Gasteiger partial charge in [-0.05, 0) is 48.2 Å². The van der Waals surface area contributed by atoms with Crippen LogP contribution in [0.25, 0.3) is 6.08 Å². The van der Waals surface area contributed by atoms with Crippen LogP contribution in [0.1, 0.15) is 23.1 Å². The lowest BCUT2D eigenvalue weighted by molar-refractivity contribution is -0.117. The number of hydrogen-bond donors (Lipinski definition) is 1. The highest BCUT2D eigenvalue weighted by molar-refractivity contribution is 6.01. The highest BCUT2D eigenvalue weighted by Gasteiger charge is 2.09. The van der Waals surface area contributed by atoms with Crippen molar-refractivity contribution < 1.29 is 13.9 Å². The van der Waals surface area contributed by atoms with Crippen LogP contribution in [-0.4, -0.2) is 12.5 Å². The Kier molecular flexibility index (Phi) is 7.96. The van der Waals surface area contributed by atoms with E-state index in [-0.39, 0.29) is 18.0 Å². The summed E-state index contributed by atoms with van der Waals surface area (Å²) in [6, 6.07) is 25.4. The molecule has 0 spiro atoms. The third kappa shape index (κ3) is 6.83.